The third-order valence-electron chi connectivity index (χ3n) is 1.81. The highest BCUT2D eigenvalue weighted by Crippen LogP contribution is 2.29. The zero-order chi connectivity index (χ0) is 10.8. The van der Waals surface area contributed by atoms with E-state index in [4.69, 9.17) is 10.9 Å². The molecule has 0 heterocycles. The van der Waals surface area contributed by atoms with Crippen molar-refractivity contribution in [3.8, 4) is 0 Å². The van der Waals surface area contributed by atoms with E-state index in [1.54, 1.807) is 0 Å². The molecule has 2 atom stereocenters. The Morgan fingerprint density at radius 3 is 2.93 bits per heavy atom. The lowest BCUT2D eigenvalue weighted by molar-refractivity contribution is -0.114. The Kier molecular flexibility index (Phi) is 3.05. The topological polar surface area (TPSA) is 75.7 Å². The third-order valence-corrected chi connectivity index (χ3v) is 2.77. The SMILES string of the molecule is NC(=O)C1=CC(Br)C(F)(C=NO)C=C1. The van der Waals surface area contributed by atoms with Crippen LogP contribution in [-0.4, -0.2) is 27.8 Å². The molecule has 14 heavy (non-hydrogen) atoms. The second-order valence-electron chi connectivity index (χ2n) is 2.79. The molecule has 76 valence electrons. The molecule has 1 amide bonds. The van der Waals surface area contributed by atoms with Gasteiger partial charge in [-0.2, -0.15) is 0 Å². The van der Waals surface area contributed by atoms with Gasteiger partial charge in [0.1, 0.15) is 0 Å². The zero-order valence-electron chi connectivity index (χ0n) is 7.02. The van der Waals surface area contributed by atoms with Crippen LogP contribution < -0.4 is 5.73 Å². The van der Waals surface area contributed by atoms with Gasteiger partial charge in [0.25, 0.3) is 0 Å². The van der Waals surface area contributed by atoms with Crippen molar-refractivity contribution in [3.63, 3.8) is 0 Å². The standard InChI is InChI=1S/C8H8BrFN2O2/c9-6-3-5(7(11)13)1-2-8(6,10)4-12-14/h1-4,6,14H,(H2,11,13). The quantitative estimate of drug-likeness (QED) is 0.336. The maximum absolute atomic E-state index is 13.8. The van der Waals surface area contributed by atoms with Crippen LogP contribution in [0.4, 0.5) is 4.39 Å². The van der Waals surface area contributed by atoms with Crippen LogP contribution in [0.2, 0.25) is 0 Å². The van der Waals surface area contributed by atoms with Gasteiger partial charge >= 0.3 is 0 Å². The maximum atomic E-state index is 13.8. The number of halogens is 2. The van der Waals surface area contributed by atoms with Gasteiger partial charge in [-0.1, -0.05) is 33.2 Å². The highest BCUT2D eigenvalue weighted by molar-refractivity contribution is 9.09. The molecule has 2 unspecified atom stereocenters. The van der Waals surface area contributed by atoms with E-state index >= 15 is 0 Å². The Morgan fingerprint density at radius 1 is 1.86 bits per heavy atom. The molecule has 4 nitrogen and oxygen atoms in total. The fourth-order valence-corrected chi connectivity index (χ4v) is 1.57. The molecule has 1 aliphatic carbocycles. The molecule has 0 saturated carbocycles. The molecule has 0 radical (unpaired) electrons. The van der Waals surface area contributed by atoms with E-state index in [0.29, 0.717) is 0 Å². The average molecular weight is 263 g/mol. The van der Waals surface area contributed by atoms with Crippen molar-refractivity contribution in [2.75, 3.05) is 0 Å². The number of nitrogens with zero attached hydrogens (tertiary/aromatic N) is 1. The van der Waals surface area contributed by atoms with Gasteiger partial charge in [0.2, 0.25) is 5.91 Å². The number of rotatable bonds is 2. The number of primary amides is 1. The van der Waals surface area contributed by atoms with Crippen molar-refractivity contribution in [1.82, 2.24) is 0 Å². The fraction of sp³-hybridized carbons (Fsp3) is 0.250. The zero-order valence-corrected chi connectivity index (χ0v) is 8.61. The lowest BCUT2D eigenvalue weighted by Gasteiger charge is -2.23. The van der Waals surface area contributed by atoms with Crippen molar-refractivity contribution < 1.29 is 14.4 Å². The number of hydrogen-bond acceptors (Lipinski definition) is 3. The molecule has 0 aromatic rings. The number of carbonyl (C=O) groups excluding carboxylic acids is 1. The molecule has 1 rings (SSSR count). The molecule has 1 aliphatic rings. The summed E-state index contributed by atoms with van der Waals surface area (Å²) in [5, 5.41) is 10.9. The first-order valence-electron chi connectivity index (χ1n) is 3.72. The minimum atomic E-state index is -1.94. The van der Waals surface area contributed by atoms with Crippen molar-refractivity contribution in [1.29, 1.82) is 0 Å². The molecule has 3 N–H and O–H groups in total. The minimum absolute atomic E-state index is 0.214. The number of hydrogen-bond donors (Lipinski definition) is 2. The van der Waals surface area contributed by atoms with Crippen LogP contribution in [0.3, 0.4) is 0 Å². The van der Waals surface area contributed by atoms with Gasteiger partial charge < -0.3 is 10.9 Å². The molecule has 0 spiro atoms. The van der Waals surface area contributed by atoms with Crippen molar-refractivity contribution in [3.05, 3.63) is 23.8 Å². The Morgan fingerprint density at radius 2 is 2.50 bits per heavy atom. The van der Waals surface area contributed by atoms with E-state index in [9.17, 15) is 9.18 Å². The average Bonchev–Trinajstić information content (AvgIpc) is 2.10. The summed E-state index contributed by atoms with van der Waals surface area (Å²) in [5.41, 5.74) is 3.28. The lowest BCUT2D eigenvalue weighted by Crippen LogP contribution is -2.35. The van der Waals surface area contributed by atoms with E-state index < -0.39 is 16.4 Å². The molecular formula is C8H8BrFN2O2. The van der Waals surface area contributed by atoms with Crippen LogP contribution in [-0.2, 0) is 4.79 Å². The van der Waals surface area contributed by atoms with Crippen molar-refractivity contribution >= 4 is 28.1 Å². The van der Waals surface area contributed by atoms with E-state index in [-0.39, 0.29) is 5.57 Å². The van der Waals surface area contributed by atoms with Crippen molar-refractivity contribution in [2.45, 2.75) is 10.5 Å². The minimum Gasteiger partial charge on any atom is -0.411 e. The molecule has 0 aliphatic heterocycles. The number of amides is 1. The predicted octanol–water partition coefficient (Wildman–Crippen LogP) is 0.900. The highest BCUT2D eigenvalue weighted by atomic mass is 79.9. The Hall–Kier alpha value is -1.17. The van der Waals surface area contributed by atoms with Crippen LogP contribution in [0.15, 0.2) is 29.0 Å². The number of nitrogens with two attached hydrogens (primary N) is 1. The highest BCUT2D eigenvalue weighted by Gasteiger charge is 2.35. The first-order chi connectivity index (χ1) is 6.49. The molecule has 0 aromatic heterocycles. The van der Waals surface area contributed by atoms with E-state index in [1.165, 1.54) is 12.2 Å². The molecule has 0 fully saturated rings. The summed E-state index contributed by atoms with van der Waals surface area (Å²) in [7, 11) is 0. The Bertz CT molecular complexity index is 340. The van der Waals surface area contributed by atoms with Crippen molar-refractivity contribution in [2.24, 2.45) is 10.9 Å². The molecule has 0 bridgehead atoms. The van der Waals surface area contributed by atoms with Crippen LogP contribution in [0.5, 0.6) is 0 Å². The van der Waals surface area contributed by atoms with Crippen LogP contribution in [0.1, 0.15) is 0 Å². The van der Waals surface area contributed by atoms with Crippen LogP contribution in [0.25, 0.3) is 0 Å². The maximum Gasteiger partial charge on any atom is 0.248 e. The second-order valence-corrected chi connectivity index (χ2v) is 3.78. The molecule has 0 saturated heterocycles. The number of carbonyl (C=O) groups is 1. The molecule has 0 aromatic carbocycles. The monoisotopic (exact) mass is 262 g/mol. The first-order valence-corrected chi connectivity index (χ1v) is 4.63. The van der Waals surface area contributed by atoms with Gasteiger partial charge in [0.15, 0.2) is 5.67 Å². The summed E-state index contributed by atoms with van der Waals surface area (Å²) in [6.07, 6.45) is 4.41. The third kappa shape index (κ3) is 2.01. The van der Waals surface area contributed by atoms with Gasteiger partial charge in [0.05, 0.1) is 11.0 Å². The smallest absolute Gasteiger partial charge is 0.248 e. The fourth-order valence-electron chi connectivity index (χ4n) is 1.02. The summed E-state index contributed by atoms with van der Waals surface area (Å²) >= 11 is 3.01. The normalized spacial score (nSPS) is 31.9. The number of allylic oxidation sites excluding steroid dienone is 2. The van der Waals surface area contributed by atoms with Gasteiger partial charge in [-0.3, -0.25) is 4.79 Å². The summed E-state index contributed by atoms with van der Waals surface area (Å²) in [4.78, 5) is 9.97. The van der Waals surface area contributed by atoms with Crippen LogP contribution >= 0.6 is 15.9 Å². The molecule has 6 heteroatoms. The predicted molar refractivity (Wildman–Crippen MR) is 53.2 cm³/mol. The van der Waals surface area contributed by atoms with Gasteiger partial charge in [0, 0.05) is 5.57 Å². The number of alkyl halides is 2. The lowest BCUT2D eigenvalue weighted by atomic mass is 9.94. The summed E-state index contributed by atoms with van der Waals surface area (Å²) in [5.74, 6) is -0.631. The number of oxime groups is 1. The van der Waals surface area contributed by atoms with E-state index in [1.807, 2.05) is 0 Å². The Labute approximate surface area is 88.1 Å². The summed E-state index contributed by atoms with van der Waals surface area (Å²) in [6, 6.07) is 0. The van der Waals surface area contributed by atoms with Gasteiger partial charge in [-0.15, -0.1) is 0 Å². The summed E-state index contributed by atoms with van der Waals surface area (Å²) in [6.45, 7) is 0. The van der Waals surface area contributed by atoms with Crippen LogP contribution in [0, 0.1) is 0 Å². The first kappa shape index (κ1) is 10.9. The van der Waals surface area contributed by atoms with Gasteiger partial charge in [-0.25, -0.2) is 4.39 Å². The second kappa shape index (κ2) is 3.91. The van der Waals surface area contributed by atoms with E-state index in [0.717, 1.165) is 12.3 Å². The largest absolute Gasteiger partial charge is 0.411 e. The summed E-state index contributed by atoms with van der Waals surface area (Å²) < 4.78 is 13.8. The Balaban J connectivity index is 2.96. The molecular weight excluding hydrogens is 255 g/mol. The van der Waals surface area contributed by atoms with Gasteiger partial charge in [-0.05, 0) is 6.08 Å². The van der Waals surface area contributed by atoms with E-state index in [2.05, 4.69) is 21.1 Å².